The number of benzene rings is 3. The van der Waals surface area contributed by atoms with Crippen LogP contribution in [0.2, 0.25) is 0 Å². The Kier molecular flexibility index (Phi) is 6.10. The number of fused-ring (bicyclic) bond motifs is 4. The van der Waals surface area contributed by atoms with Crippen molar-refractivity contribution in [1.82, 2.24) is 19.3 Å². The van der Waals surface area contributed by atoms with Gasteiger partial charge in [0, 0.05) is 50.6 Å². The van der Waals surface area contributed by atoms with Crippen molar-refractivity contribution in [1.29, 1.82) is 5.26 Å². The minimum Gasteiger partial charge on any atom is -0.341 e. The molecule has 0 spiro atoms. The summed E-state index contributed by atoms with van der Waals surface area (Å²) in [6.45, 7) is 5.38. The van der Waals surface area contributed by atoms with Crippen LogP contribution in [-0.2, 0) is 19.4 Å². The maximum atomic E-state index is 10.2. The quantitative estimate of drug-likeness (QED) is 0.207. The standard InChI is InChI=1S/C34H29N5S/c1-3-38-30-12-8-7-11-27(30)28-19-23(14-16-31(28)38)33-25(21-39(37-33)26-9-5-4-6-10-26)18-24(20-35)34-36-29-15-13-22(2)17-32(29)40-34/h4-12,14,16,18-19,21-22H,3,13,15,17H2,1-2H3/b24-18+/t22-/m0/s1. The summed E-state index contributed by atoms with van der Waals surface area (Å²) in [4.78, 5) is 6.23. The number of aromatic nitrogens is 4. The first-order chi connectivity index (χ1) is 19.6. The number of rotatable bonds is 5. The second kappa shape index (κ2) is 9.93. The first-order valence-electron chi connectivity index (χ1n) is 13.9. The van der Waals surface area contributed by atoms with Gasteiger partial charge >= 0.3 is 0 Å². The van der Waals surface area contributed by atoms with Gasteiger partial charge in [0.25, 0.3) is 0 Å². The Morgan fingerprint density at radius 2 is 1.85 bits per heavy atom. The van der Waals surface area contributed by atoms with E-state index in [0.717, 1.165) is 59.0 Å². The minimum atomic E-state index is 0.588. The van der Waals surface area contributed by atoms with Crippen LogP contribution in [0.3, 0.4) is 0 Å². The van der Waals surface area contributed by atoms with Gasteiger partial charge in [-0.15, -0.1) is 11.3 Å². The summed E-state index contributed by atoms with van der Waals surface area (Å²) in [5.74, 6) is 0.666. The van der Waals surface area contributed by atoms with E-state index in [1.807, 2.05) is 47.3 Å². The molecule has 3 aromatic carbocycles. The average molecular weight is 540 g/mol. The van der Waals surface area contributed by atoms with Crippen molar-refractivity contribution in [3.05, 3.63) is 100 Å². The first kappa shape index (κ1) is 24.6. The zero-order valence-electron chi connectivity index (χ0n) is 22.6. The van der Waals surface area contributed by atoms with Crippen molar-refractivity contribution in [3.8, 4) is 23.0 Å². The molecule has 1 aliphatic carbocycles. The van der Waals surface area contributed by atoms with Crippen molar-refractivity contribution in [2.45, 2.75) is 39.7 Å². The molecule has 0 fully saturated rings. The topological polar surface area (TPSA) is 59.4 Å². The summed E-state index contributed by atoms with van der Waals surface area (Å²) < 4.78 is 4.26. The maximum Gasteiger partial charge on any atom is 0.134 e. The summed E-state index contributed by atoms with van der Waals surface area (Å²) in [6, 6.07) is 27.7. The normalized spacial score (nSPS) is 15.4. The van der Waals surface area contributed by atoms with Gasteiger partial charge in [0.15, 0.2) is 0 Å². The van der Waals surface area contributed by atoms with Gasteiger partial charge in [-0.1, -0.05) is 49.4 Å². The van der Waals surface area contributed by atoms with Crippen LogP contribution < -0.4 is 0 Å². The number of hydrogen-bond donors (Lipinski definition) is 0. The summed E-state index contributed by atoms with van der Waals surface area (Å²) >= 11 is 1.67. The number of nitrogens with zero attached hydrogens (tertiary/aromatic N) is 5. The molecule has 3 aromatic heterocycles. The van der Waals surface area contributed by atoms with E-state index in [1.54, 1.807) is 11.3 Å². The van der Waals surface area contributed by atoms with Gasteiger partial charge in [-0.05, 0) is 68.5 Å². The smallest absolute Gasteiger partial charge is 0.134 e. The molecular formula is C34H29N5S. The molecule has 3 heterocycles. The molecule has 40 heavy (non-hydrogen) atoms. The number of allylic oxidation sites excluding steroid dienone is 1. The Balaban J connectivity index is 1.40. The van der Waals surface area contributed by atoms with Gasteiger partial charge in [0.1, 0.15) is 16.8 Å². The van der Waals surface area contributed by atoms with Crippen LogP contribution in [-0.4, -0.2) is 19.3 Å². The van der Waals surface area contributed by atoms with Crippen molar-refractivity contribution >= 4 is 44.8 Å². The largest absolute Gasteiger partial charge is 0.341 e. The number of hydrogen-bond acceptors (Lipinski definition) is 4. The van der Waals surface area contributed by atoms with E-state index < -0.39 is 0 Å². The van der Waals surface area contributed by atoms with Crippen LogP contribution in [0.25, 0.3) is 50.4 Å². The van der Waals surface area contributed by atoms with Gasteiger partial charge in [0.05, 0.1) is 17.0 Å². The Morgan fingerprint density at radius 1 is 1.05 bits per heavy atom. The van der Waals surface area contributed by atoms with Crippen LogP contribution in [0.15, 0.2) is 79.0 Å². The molecule has 0 saturated carbocycles. The Hall–Kier alpha value is -4.47. The summed E-state index contributed by atoms with van der Waals surface area (Å²) in [5.41, 5.74) is 7.96. The third kappa shape index (κ3) is 4.14. The fourth-order valence-corrected chi connectivity index (χ4v) is 7.16. The maximum absolute atomic E-state index is 10.2. The van der Waals surface area contributed by atoms with Gasteiger partial charge in [0.2, 0.25) is 0 Å². The highest BCUT2D eigenvalue weighted by Crippen LogP contribution is 2.36. The summed E-state index contributed by atoms with van der Waals surface area (Å²) in [6.07, 6.45) is 7.20. The highest BCUT2D eigenvalue weighted by atomic mass is 32.1. The van der Waals surface area contributed by atoms with Crippen LogP contribution >= 0.6 is 11.3 Å². The Labute approximate surface area is 237 Å². The Morgan fingerprint density at radius 3 is 2.67 bits per heavy atom. The lowest BCUT2D eigenvalue weighted by Gasteiger charge is -2.15. The second-order valence-electron chi connectivity index (χ2n) is 10.6. The molecule has 1 aliphatic rings. The van der Waals surface area contributed by atoms with Gasteiger partial charge in [-0.3, -0.25) is 0 Å². The minimum absolute atomic E-state index is 0.588. The zero-order valence-corrected chi connectivity index (χ0v) is 23.4. The van der Waals surface area contributed by atoms with Gasteiger partial charge < -0.3 is 4.57 Å². The van der Waals surface area contributed by atoms with Gasteiger partial charge in [-0.2, -0.15) is 10.4 Å². The van der Waals surface area contributed by atoms with E-state index in [0.29, 0.717) is 11.5 Å². The second-order valence-corrected chi connectivity index (χ2v) is 11.7. The molecular weight excluding hydrogens is 510 g/mol. The highest BCUT2D eigenvalue weighted by Gasteiger charge is 2.22. The van der Waals surface area contributed by atoms with Crippen molar-refractivity contribution < 1.29 is 0 Å². The molecule has 0 N–H and O–H groups in total. The van der Waals surface area contributed by atoms with Crippen LogP contribution in [0.5, 0.6) is 0 Å². The Bertz CT molecular complexity index is 1950. The number of aryl methyl sites for hydroxylation is 2. The first-order valence-corrected chi connectivity index (χ1v) is 14.7. The van der Waals surface area contributed by atoms with Crippen LogP contribution in [0.1, 0.15) is 41.4 Å². The van der Waals surface area contributed by atoms with Crippen molar-refractivity contribution in [2.24, 2.45) is 5.92 Å². The van der Waals surface area contributed by atoms with E-state index in [2.05, 4.69) is 66.9 Å². The van der Waals surface area contributed by atoms with E-state index >= 15 is 0 Å². The lowest BCUT2D eigenvalue weighted by molar-refractivity contribution is 0.502. The van der Waals surface area contributed by atoms with Crippen LogP contribution in [0.4, 0.5) is 0 Å². The summed E-state index contributed by atoms with van der Waals surface area (Å²) in [5, 5.41) is 18.6. The molecule has 196 valence electrons. The third-order valence-electron chi connectivity index (χ3n) is 7.96. The monoisotopic (exact) mass is 539 g/mol. The van der Waals surface area contributed by atoms with E-state index in [9.17, 15) is 5.26 Å². The third-order valence-corrected chi connectivity index (χ3v) is 9.12. The van der Waals surface area contributed by atoms with Crippen LogP contribution in [0, 0.1) is 17.2 Å². The fraction of sp³-hybridized carbons (Fsp3) is 0.206. The average Bonchev–Trinajstić information content (AvgIpc) is 3.69. The van der Waals surface area contributed by atoms with E-state index in [1.165, 1.54) is 26.7 Å². The number of nitriles is 1. The molecule has 6 aromatic rings. The fourth-order valence-electron chi connectivity index (χ4n) is 5.92. The molecule has 0 aliphatic heterocycles. The highest BCUT2D eigenvalue weighted by molar-refractivity contribution is 7.13. The summed E-state index contributed by atoms with van der Waals surface area (Å²) in [7, 11) is 0. The lowest BCUT2D eigenvalue weighted by atomic mass is 9.93. The number of para-hydroxylation sites is 2. The van der Waals surface area contributed by atoms with Gasteiger partial charge in [-0.25, -0.2) is 9.67 Å². The lowest BCUT2D eigenvalue weighted by Crippen LogP contribution is -2.09. The molecule has 1 atom stereocenters. The molecule has 0 unspecified atom stereocenters. The molecule has 0 amide bonds. The molecule has 0 bridgehead atoms. The van der Waals surface area contributed by atoms with Crippen molar-refractivity contribution in [2.75, 3.05) is 0 Å². The van der Waals surface area contributed by atoms with Crippen molar-refractivity contribution in [3.63, 3.8) is 0 Å². The molecule has 6 heteroatoms. The van der Waals surface area contributed by atoms with E-state index in [4.69, 9.17) is 10.1 Å². The molecule has 5 nitrogen and oxygen atoms in total. The molecule has 0 saturated heterocycles. The predicted molar refractivity (Wildman–Crippen MR) is 164 cm³/mol. The zero-order chi connectivity index (χ0) is 27.2. The van der Waals surface area contributed by atoms with E-state index in [-0.39, 0.29) is 0 Å². The molecule has 0 radical (unpaired) electrons. The number of thiazole rings is 1. The predicted octanol–water partition coefficient (Wildman–Crippen LogP) is 8.31. The molecule has 7 rings (SSSR count). The SMILES string of the molecule is CCn1c2ccccc2c2cc(-c3nn(-c4ccccc4)cc3/C=C(\C#N)c3nc4c(s3)C[C@@H](C)CC4)ccc21.